The third-order valence-electron chi connectivity index (χ3n) is 22.7. The fourth-order valence-electron chi connectivity index (χ4n) is 15.8. The van der Waals surface area contributed by atoms with Gasteiger partial charge in [0.15, 0.2) is 23.0 Å². The summed E-state index contributed by atoms with van der Waals surface area (Å²) in [6.07, 6.45) is 30.2. The average molecular weight is 1610 g/mol. The Morgan fingerprint density at radius 3 is 0.850 bits per heavy atom. The zero-order valence-electron chi connectivity index (χ0n) is 67.3. The van der Waals surface area contributed by atoms with Crippen LogP contribution in [0, 0.1) is 0 Å². The second-order valence-electron chi connectivity index (χ2n) is 32.0. The van der Waals surface area contributed by atoms with Crippen LogP contribution in [-0.4, -0.2) is 267 Å². The van der Waals surface area contributed by atoms with Gasteiger partial charge in [0.05, 0.1) is 34.3 Å². The lowest BCUT2D eigenvalue weighted by Gasteiger charge is -2.39. The van der Waals surface area contributed by atoms with Crippen LogP contribution in [0.15, 0.2) is 146 Å². The number of carbonyl (C=O) groups excluding carboxylic acids is 4. The van der Waals surface area contributed by atoms with Crippen LogP contribution >= 0.6 is 0 Å². The van der Waals surface area contributed by atoms with Gasteiger partial charge in [0.2, 0.25) is 23.1 Å². The van der Waals surface area contributed by atoms with Crippen LogP contribution in [-0.2, 0) is 43.6 Å². The molecule has 12 nitrogen and oxygen atoms in total. The molecule has 0 radical (unpaired) electrons. The van der Waals surface area contributed by atoms with Gasteiger partial charge in [-0.3, -0.25) is 19.2 Å². The van der Waals surface area contributed by atoms with Crippen molar-refractivity contribution in [3.05, 3.63) is 168 Å². The molecule has 17 heteroatoms. The predicted molar refractivity (Wildman–Crippen MR) is 463 cm³/mol. The molecule has 0 bridgehead atoms. The van der Waals surface area contributed by atoms with Crippen LogP contribution in [0.5, 0.6) is 5.75 Å². The maximum Gasteiger partial charge on any atom is 0.211 e. The van der Waals surface area contributed by atoms with Gasteiger partial charge in [0.1, 0.15) is 51.8 Å². The number of ketones is 4. The molecule has 592 valence electrons. The number of methoxy groups -OCH3 is 1. The molecule has 5 aromatic carbocycles. The molecule has 10 heterocycles. The first-order chi connectivity index (χ1) is 51.6. The molecule has 5 aromatic rings. The molecule has 10 fully saturated rings. The Bertz CT molecular complexity index is 2890. The largest absolute Gasteiger partial charge is 1.00 e. The van der Waals surface area contributed by atoms with Crippen molar-refractivity contribution in [2.24, 2.45) is 0 Å². The van der Waals surface area contributed by atoms with Gasteiger partial charge < -0.3 is 55.6 Å². The first kappa shape index (κ1) is 90.2. The van der Waals surface area contributed by atoms with Gasteiger partial charge in [-0.1, -0.05) is 128 Å². The number of rotatable bonds is 17. The number of anilines is 1. The normalized spacial score (nSPS) is 20.5. The van der Waals surface area contributed by atoms with E-state index < -0.39 is 0 Å². The minimum absolute atomic E-state index is 0. The lowest BCUT2D eigenvalue weighted by Crippen LogP contribution is -3.00. The van der Waals surface area contributed by atoms with Crippen molar-refractivity contribution in [1.82, 2.24) is 24.5 Å². The van der Waals surface area contributed by atoms with E-state index in [9.17, 15) is 19.2 Å². The van der Waals surface area contributed by atoms with Crippen LogP contribution < -0.4 is 26.6 Å². The fraction of sp³-hybridized carbons (Fsp3) is 0.622. The van der Waals surface area contributed by atoms with Crippen LogP contribution in [0.25, 0.3) is 0 Å². The molecule has 0 atom stereocenters. The average Bonchev–Trinajstić information content (AvgIpc) is 1.86. The number of benzene rings is 5. The van der Waals surface area contributed by atoms with Crippen molar-refractivity contribution in [1.29, 1.82) is 0 Å². The molecule has 10 aliphatic heterocycles. The maximum absolute atomic E-state index is 11.8. The third-order valence-corrected chi connectivity index (χ3v) is 32.3. The van der Waals surface area contributed by atoms with E-state index >= 15 is 0 Å². The zero-order valence-corrected chi connectivity index (χ0v) is 72.2. The van der Waals surface area contributed by atoms with Crippen molar-refractivity contribution in [2.45, 2.75) is 159 Å². The van der Waals surface area contributed by atoms with Gasteiger partial charge in [-0.2, -0.15) is 0 Å². The second kappa shape index (κ2) is 51.6. The van der Waals surface area contributed by atoms with Gasteiger partial charge in [-0.15, -0.1) is 0 Å². The van der Waals surface area contributed by atoms with E-state index in [0.717, 1.165) is 73.6 Å². The minimum Gasteiger partial charge on any atom is -1.00 e. The van der Waals surface area contributed by atoms with E-state index in [4.69, 9.17) is 4.74 Å². The quantitative estimate of drug-likeness (QED) is 0.0506. The number of ether oxygens (including phenoxy) is 1. The Balaban J connectivity index is 0.000000170. The standard InChI is InChI=1S/C12H17NO.4C12H15OS.C11H22N2.C10H20N2.C9H21N2.BrH/c1-14-12-7-5-11(6-8-12)13-9-3-2-4-10-13;4*13-12(10-14-8-4-5-9-14)11-6-2-1-3-7-11;1-12-9-5-11(6-10-12)13-7-3-2-4-8-13;1-11-8-4-10(5-9-11)12-6-2-3-7-12;1-10-7-5-9(6-8-10)11(2,3)4;/h5-8H,2-4,9-10H2,1H3;4*1-3,6-7H,4-5,8-10H2;11H,2-10H2,1H3;10H,2-9H2,1H3;9H,5-8H2,1-4H3;1H/q;4*+1;;;+1;/p-1. The molecule has 0 N–H and O–H groups in total. The predicted octanol–water partition coefficient (Wildman–Crippen LogP) is 12.3. The second-order valence-corrected chi connectivity index (χ2v) is 41.3. The first-order valence-corrected chi connectivity index (χ1v) is 48.1. The van der Waals surface area contributed by atoms with E-state index in [1.807, 2.05) is 133 Å². The van der Waals surface area contributed by atoms with E-state index in [2.05, 4.69) is 83.8 Å². The van der Waals surface area contributed by atoms with E-state index in [1.54, 1.807) is 7.11 Å². The smallest absolute Gasteiger partial charge is 0.211 e. The number of halogens is 1. The highest BCUT2D eigenvalue weighted by Gasteiger charge is 2.32. The highest BCUT2D eigenvalue weighted by Crippen LogP contribution is 2.26. The highest BCUT2D eigenvalue weighted by molar-refractivity contribution is 7.98. The molecule has 0 aromatic heterocycles. The summed E-state index contributed by atoms with van der Waals surface area (Å²) in [6.45, 7) is 15.7. The Kier molecular flexibility index (Phi) is 43.5. The van der Waals surface area contributed by atoms with Gasteiger partial charge in [-0.05, 0) is 263 Å². The van der Waals surface area contributed by atoms with Crippen LogP contribution in [0.2, 0.25) is 0 Å². The van der Waals surface area contributed by atoms with Crippen molar-refractivity contribution >= 4 is 72.4 Å². The number of Topliss-reactive ketones (excluding diaryl/α,β-unsaturated/α-hetero) is 4. The Morgan fingerprint density at radius 1 is 0.336 bits per heavy atom. The summed E-state index contributed by atoms with van der Waals surface area (Å²) >= 11 is 0. The maximum atomic E-state index is 11.8. The summed E-state index contributed by atoms with van der Waals surface area (Å²) in [5.41, 5.74) is 4.85. The molecule has 0 unspecified atom stereocenters. The first-order valence-electron chi connectivity index (χ1n) is 41.2. The lowest BCUT2D eigenvalue weighted by molar-refractivity contribution is -0.897. The molecule has 10 aliphatic rings. The topological polar surface area (TPSA) is 96.9 Å². The Morgan fingerprint density at radius 2 is 0.589 bits per heavy atom. The molecule has 0 amide bonds. The summed E-state index contributed by atoms with van der Waals surface area (Å²) in [6, 6.07) is 49.7. The number of hydrogen-bond donors (Lipinski definition) is 0. The zero-order chi connectivity index (χ0) is 75.0. The van der Waals surface area contributed by atoms with Crippen molar-refractivity contribution in [3.63, 3.8) is 0 Å². The molecule has 0 spiro atoms. The van der Waals surface area contributed by atoms with Gasteiger partial charge >= 0.3 is 0 Å². The van der Waals surface area contributed by atoms with Gasteiger partial charge in [-0.25, -0.2) is 0 Å². The molecule has 15 rings (SSSR count). The molecule has 10 saturated heterocycles. The summed E-state index contributed by atoms with van der Waals surface area (Å²) in [7, 11) is 16.9. The van der Waals surface area contributed by atoms with Crippen molar-refractivity contribution in [3.8, 4) is 5.75 Å². The number of carbonyl (C=O) groups is 4. The number of nitrogens with zero attached hydrogens (tertiary/aromatic N) is 7. The van der Waals surface area contributed by atoms with Crippen LogP contribution in [0.1, 0.15) is 183 Å². The summed E-state index contributed by atoms with van der Waals surface area (Å²) in [4.78, 5) is 62.4. The van der Waals surface area contributed by atoms with E-state index in [1.165, 1.54) is 272 Å². The Hall–Kier alpha value is -3.98. The molecule has 107 heavy (non-hydrogen) atoms. The summed E-state index contributed by atoms with van der Waals surface area (Å²) in [5, 5.41) is 0. The summed E-state index contributed by atoms with van der Waals surface area (Å²) < 4.78 is 6.27. The summed E-state index contributed by atoms with van der Waals surface area (Å²) in [5.74, 6) is 15.6. The number of likely N-dealkylation sites (tertiary alicyclic amines) is 5. The number of quaternary nitrogens is 1. The molecular formula is C90H140BrN7O5S4+4. The third kappa shape index (κ3) is 34.9. The van der Waals surface area contributed by atoms with Crippen molar-refractivity contribution in [2.75, 3.05) is 202 Å². The molecule has 0 saturated carbocycles. The van der Waals surface area contributed by atoms with Gasteiger partial charge in [0, 0.05) is 79.0 Å². The van der Waals surface area contributed by atoms with Crippen molar-refractivity contribution < 1.29 is 45.4 Å². The SMILES string of the molecule is CN1CCC(N2CCCC2)CC1.CN1CCC(N2CCCCC2)CC1.CN1CCC([N+](C)(C)C)CC1.COc1ccc(N2CCCCC2)cc1.O=C(C[S+]1CCCC1)c1ccccc1.O=C(C[S+]1CCCC1)c1ccccc1.O=C(C[S+]1CCCC1)c1ccccc1.O=C(C[S+]1CCCC1)c1ccccc1.[Br-]. The lowest BCUT2D eigenvalue weighted by atomic mass is 10.0. The number of piperidine rings is 5. The van der Waals surface area contributed by atoms with Crippen LogP contribution in [0.4, 0.5) is 5.69 Å². The van der Waals surface area contributed by atoms with E-state index in [-0.39, 0.29) is 17.0 Å². The minimum atomic E-state index is 0. The monoisotopic (exact) mass is 1610 g/mol. The molecular weight excluding hydrogens is 1470 g/mol. The molecule has 0 aliphatic carbocycles. The van der Waals surface area contributed by atoms with Crippen LogP contribution in [0.3, 0.4) is 0 Å². The Labute approximate surface area is 672 Å². The highest BCUT2D eigenvalue weighted by atomic mass is 79.9. The number of hydrogen-bond acceptors (Lipinski definition) is 11. The van der Waals surface area contributed by atoms with E-state index in [0.29, 0.717) is 66.7 Å². The fourth-order valence-corrected chi connectivity index (χ4v) is 24.9. The van der Waals surface area contributed by atoms with Gasteiger partial charge in [0.25, 0.3) is 0 Å².